The van der Waals surface area contributed by atoms with E-state index in [1.807, 2.05) is 18.2 Å². The molecule has 1 aliphatic heterocycles. The number of ether oxygens (including phenoxy) is 2. The molecule has 0 unspecified atom stereocenters. The number of hydrogen-bond donors (Lipinski definition) is 2. The minimum atomic E-state index is 0.0434. The number of rotatable bonds is 10. The van der Waals surface area contributed by atoms with Crippen LogP contribution in [-0.4, -0.2) is 94.9 Å². The Labute approximate surface area is 180 Å². The average Bonchev–Trinajstić information content (AvgIpc) is 2.75. The van der Waals surface area contributed by atoms with Crippen LogP contribution in [0.15, 0.2) is 29.3 Å². The van der Waals surface area contributed by atoms with Crippen molar-refractivity contribution in [1.29, 1.82) is 0 Å². The summed E-state index contributed by atoms with van der Waals surface area (Å²) in [5.74, 6) is 2.30. The van der Waals surface area contributed by atoms with Crippen molar-refractivity contribution in [2.45, 2.75) is 19.8 Å². The van der Waals surface area contributed by atoms with E-state index in [2.05, 4.69) is 45.3 Å². The molecule has 1 heterocycles. The SMILES string of the molecule is CN=C(NCCOc1ccccc1C(C)C)N1CCN(CC(=O)NCCOC)CC1. The molecule has 0 spiro atoms. The predicted octanol–water partition coefficient (Wildman–Crippen LogP) is 1.14. The van der Waals surface area contributed by atoms with Gasteiger partial charge in [0.2, 0.25) is 5.91 Å². The van der Waals surface area contributed by atoms with Gasteiger partial charge in [-0.25, -0.2) is 0 Å². The second-order valence-corrected chi connectivity index (χ2v) is 7.62. The normalized spacial score (nSPS) is 15.4. The molecule has 0 radical (unpaired) electrons. The molecular weight excluding hydrogens is 382 g/mol. The van der Waals surface area contributed by atoms with Crippen LogP contribution in [0.1, 0.15) is 25.3 Å². The predicted molar refractivity (Wildman–Crippen MR) is 120 cm³/mol. The summed E-state index contributed by atoms with van der Waals surface area (Å²) >= 11 is 0. The van der Waals surface area contributed by atoms with E-state index in [0.717, 1.165) is 37.9 Å². The highest BCUT2D eigenvalue weighted by Gasteiger charge is 2.21. The van der Waals surface area contributed by atoms with Crippen LogP contribution < -0.4 is 15.4 Å². The minimum Gasteiger partial charge on any atom is -0.491 e. The Kier molecular flexibility index (Phi) is 10.4. The van der Waals surface area contributed by atoms with E-state index < -0.39 is 0 Å². The van der Waals surface area contributed by atoms with Gasteiger partial charge in [-0.3, -0.25) is 14.7 Å². The largest absolute Gasteiger partial charge is 0.491 e. The number of guanidine groups is 1. The van der Waals surface area contributed by atoms with Gasteiger partial charge >= 0.3 is 0 Å². The molecule has 2 rings (SSSR count). The van der Waals surface area contributed by atoms with Crippen molar-refractivity contribution in [3.8, 4) is 5.75 Å². The topological polar surface area (TPSA) is 78.4 Å². The molecule has 1 saturated heterocycles. The Balaban J connectivity index is 1.69. The van der Waals surface area contributed by atoms with Crippen LogP contribution in [-0.2, 0) is 9.53 Å². The fourth-order valence-electron chi connectivity index (χ4n) is 3.41. The van der Waals surface area contributed by atoms with Gasteiger partial charge in [-0.2, -0.15) is 0 Å². The Hall–Kier alpha value is -2.32. The van der Waals surface area contributed by atoms with Crippen molar-refractivity contribution in [3.63, 3.8) is 0 Å². The first-order chi connectivity index (χ1) is 14.5. The fourth-order valence-corrected chi connectivity index (χ4v) is 3.41. The van der Waals surface area contributed by atoms with Crippen molar-refractivity contribution < 1.29 is 14.3 Å². The molecule has 168 valence electrons. The van der Waals surface area contributed by atoms with Crippen molar-refractivity contribution >= 4 is 11.9 Å². The van der Waals surface area contributed by atoms with E-state index in [9.17, 15) is 4.79 Å². The molecule has 30 heavy (non-hydrogen) atoms. The smallest absolute Gasteiger partial charge is 0.234 e. The molecule has 0 atom stereocenters. The summed E-state index contributed by atoms with van der Waals surface area (Å²) in [4.78, 5) is 20.7. The highest BCUT2D eigenvalue weighted by molar-refractivity contribution is 5.80. The molecule has 1 amide bonds. The summed E-state index contributed by atoms with van der Waals surface area (Å²) in [7, 11) is 3.43. The molecular formula is C22H37N5O3. The second-order valence-electron chi connectivity index (χ2n) is 7.62. The Morgan fingerprint density at radius 1 is 1.10 bits per heavy atom. The Morgan fingerprint density at radius 3 is 2.47 bits per heavy atom. The van der Waals surface area contributed by atoms with Crippen LogP contribution in [0.25, 0.3) is 0 Å². The van der Waals surface area contributed by atoms with E-state index in [1.165, 1.54) is 5.56 Å². The van der Waals surface area contributed by atoms with E-state index in [-0.39, 0.29) is 5.91 Å². The third-order valence-corrected chi connectivity index (χ3v) is 5.06. The quantitative estimate of drug-likeness (QED) is 0.337. The summed E-state index contributed by atoms with van der Waals surface area (Å²) in [6, 6.07) is 8.19. The lowest BCUT2D eigenvalue weighted by molar-refractivity contribution is -0.122. The third kappa shape index (κ3) is 7.84. The van der Waals surface area contributed by atoms with Gasteiger partial charge in [0.1, 0.15) is 12.4 Å². The van der Waals surface area contributed by atoms with Gasteiger partial charge in [0.25, 0.3) is 0 Å². The number of carbonyl (C=O) groups is 1. The van der Waals surface area contributed by atoms with Crippen molar-refractivity contribution in [2.24, 2.45) is 4.99 Å². The van der Waals surface area contributed by atoms with E-state index in [4.69, 9.17) is 9.47 Å². The van der Waals surface area contributed by atoms with Gasteiger partial charge < -0.3 is 25.0 Å². The summed E-state index contributed by atoms with van der Waals surface area (Å²) in [5, 5.41) is 6.25. The average molecular weight is 420 g/mol. The van der Waals surface area contributed by atoms with Gasteiger partial charge in [-0.15, -0.1) is 0 Å². The zero-order valence-electron chi connectivity index (χ0n) is 18.8. The molecule has 8 heteroatoms. The molecule has 1 aromatic carbocycles. The summed E-state index contributed by atoms with van der Waals surface area (Å²) in [5.41, 5.74) is 1.23. The maximum absolute atomic E-state index is 11.9. The monoisotopic (exact) mass is 419 g/mol. The summed E-state index contributed by atoms with van der Waals surface area (Å²) in [6.45, 7) is 10.4. The number of nitrogens with zero attached hydrogens (tertiary/aromatic N) is 3. The fraction of sp³-hybridized carbons (Fsp3) is 0.636. The first-order valence-corrected chi connectivity index (χ1v) is 10.7. The number of para-hydroxylation sites is 1. The molecule has 0 bridgehead atoms. The minimum absolute atomic E-state index is 0.0434. The number of benzene rings is 1. The highest BCUT2D eigenvalue weighted by Crippen LogP contribution is 2.25. The lowest BCUT2D eigenvalue weighted by atomic mass is 10.0. The van der Waals surface area contributed by atoms with Crippen molar-refractivity contribution in [1.82, 2.24) is 20.4 Å². The first-order valence-electron chi connectivity index (χ1n) is 10.7. The van der Waals surface area contributed by atoms with Gasteiger partial charge in [0, 0.05) is 46.9 Å². The van der Waals surface area contributed by atoms with Crippen molar-refractivity contribution in [2.75, 3.05) is 73.2 Å². The molecule has 0 aliphatic carbocycles. The van der Waals surface area contributed by atoms with Gasteiger partial charge in [0.05, 0.1) is 19.7 Å². The number of aliphatic imine (C=N–C) groups is 1. The van der Waals surface area contributed by atoms with Crippen LogP contribution in [0.2, 0.25) is 0 Å². The first kappa shape index (κ1) is 24.0. The lowest BCUT2D eigenvalue weighted by Crippen LogP contribution is -2.54. The van der Waals surface area contributed by atoms with Crippen LogP contribution in [0.5, 0.6) is 5.75 Å². The lowest BCUT2D eigenvalue weighted by Gasteiger charge is -2.36. The van der Waals surface area contributed by atoms with Crippen LogP contribution in [0, 0.1) is 0 Å². The van der Waals surface area contributed by atoms with Crippen molar-refractivity contribution in [3.05, 3.63) is 29.8 Å². The summed E-state index contributed by atoms with van der Waals surface area (Å²) < 4.78 is 10.9. The van der Waals surface area contributed by atoms with Gasteiger partial charge in [0.15, 0.2) is 5.96 Å². The molecule has 2 N–H and O–H groups in total. The van der Waals surface area contributed by atoms with Crippen LogP contribution >= 0.6 is 0 Å². The molecule has 0 aromatic heterocycles. The number of methoxy groups -OCH3 is 1. The number of hydrogen-bond acceptors (Lipinski definition) is 5. The van der Waals surface area contributed by atoms with E-state index in [1.54, 1.807) is 14.2 Å². The zero-order chi connectivity index (χ0) is 21.8. The number of carbonyl (C=O) groups excluding carboxylic acids is 1. The maximum Gasteiger partial charge on any atom is 0.234 e. The maximum atomic E-state index is 11.9. The van der Waals surface area contributed by atoms with E-state index >= 15 is 0 Å². The molecule has 8 nitrogen and oxygen atoms in total. The Bertz CT molecular complexity index is 672. The van der Waals surface area contributed by atoms with Crippen LogP contribution in [0.3, 0.4) is 0 Å². The Morgan fingerprint density at radius 2 is 1.80 bits per heavy atom. The molecule has 0 saturated carbocycles. The van der Waals surface area contributed by atoms with Crippen LogP contribution in [0.4, 0.5) is 0 Å². The number of amides is 1. The van der Waals surface area contributed by atoms with E-state index in [0.29, 0.717) is 38.8 Å². The third-order valence-electron chi connectivity index (χ3n) is 5.06. The van der Waals surface area contributed by atoms with Gasteiger partial charge in [-0.1, -0.05) is 32.0 Å². The molecule has 1 aliphatic rings. The molecule has 1 fully saturated rings. The molecule has 1 aromatic rings. The highest BCUT2D eigenvalue weighted by atomic mass is 16.5. The standard InChI is InChI=1S/C22H37N5O3/c1-18(2)19-7-5-6-8-20(19)30-16-10-25-22(23-3)27-13-11-26(12-14-27)17-21(28)24-9-15-29-4/h5-8,18H,9-17H2,1-4H3,(H,23,25)(H,24,28). The number of nitrogens with one attached hydrogen (secondary N) is 2. The zero-order valence-corrected chi connectivity index (χ0v) is 18.8. The second kappa shape index (κ2) is 13.1. The number of piperazine rings is 1. The van der Waals surface area contributed by atoms with Gasteiger partial charge in [-0.05, 0) is 17.5 Å². The summed E-state index contributed by atoms with van der Waals surface area (Å²) in [6.07, 6.45) is 0.